The van der Waals surface area contributed by atoms with Crippen LogP contribution in [0.15, 0.2) is 24.3 Å². The quantitative estimate of drug-likeness (QED) is 0.258. The zero-order valence-corrected chi connectivity index (χ0v) is 11.0. The summed E-state index contributed by atoms with van der Waals surface area (Å²) < 4.78 is 59.2. The van der Waals surface area contributed by atoms with E-state index in [1.807, 2.05) is 18.2 Å². The van der Waals surface area contributed by atoms with Crippen LogP contribution in [0.1, 0.15) is 25.3 Å². The Labute approximate surface area is 106 Å². The second kappa shape index (κ2) is 5.17. The molecule has 0 spiro atoms. The molecule has 0 saturated carbocycles. The molecule has 8 heteroatoms. The van der Waals surface area contributed by atoms with E-state index in [2.05, 4.69) is 26.0 Å². The van der Waals surface area contributed by atoms with E-state index in [0.29, 0.717) is 5.92 Å². The molecule has 1 aromatic carbocycles. The molecular weight excluding hydrogens is 309 g/mol. The first-order valence-corrected chi connectivity index (χ1v) is 6.31. The van der Waals surface area contributed by atoms with Crippen LogP contribution < -0.4 is 0 Å². The fourth-order valence-corrected chi connectivity index (χ4v) is 0.766. The Bertz CT molecular complexity index is 318. The van der Waals surface area contributed by atoms with Gasteiger partial charge in [0.2, 0.25) is 0 Å². The number of hydrogen-bond donors (Lipinski definition) is 0. The van der Waals surface area contributed by atoms with Gasteiger partial charge in [-0.1, -0.05) is 13.8 Å². The van der Waals surface area contributed by atoms with E-state index >= 15 is 0 Å². The van der Waals surface area contributed by atoms with Crippen molar-refractivity contribution in [2.45, 2.75) is 19.8 Å². The third kappa shape index (κ3) is 21.6. The van der Waals surface area contributed by atoms with Crippen molar-refractivity contribution in [3.05, 3.63) is 35.9 Å². The smallest absolute Gasteiger partial charge is 2.00 e. The first-order chi connectivity index (χ1) is 6.75. The molecule has 0 aliphatic heterocycles. The molecule has 0 aliphatic rings. The van der Waals surface area contributed by atoms with Gasteiger partial charge in [-0.2, -0.15) is 35.9 Å². The molecule has 1 aromatic rings. The summed E-state index contributed by atoms with van der Waals surface area (Å²) >= 11 is 0. The standard InChI is InChI=1S/C9H11.F6P.Fe/c1-8(2)9-6-4-3-5-7-9;1-7(2,3,4,5)6;/h3-6,8H,1-2H3;;/q2*-1;+2. The van der Waals surface area contributed by atoms with Crippen molar-refractivity contribution in [3.63, 3.8) is 0 Å². The summed E-state index contributed by atoms with van der Waals surface area (Å²) in [6.45, 7) is 4.34. The summed E-state index contributed by atoms with van der Waals surface area (Å²) in [7, 11) is -10.7. The summed E-state index contributed by atoms with van der Waals surface area (Å²) in [5, 5.41) is 0. The Kier molecular flexibility index (Phi) is 5.81. The fraction of sp³-hybridized carbons (Fsp3) is 0.333. The van der Waals surface area contributed by atoms with Gasteiger partial charge >= 0.3 is 50.1 Å². The Balaban J connectivity index is 0. The molecule has 0 bridgehead atoms. The van der Waals surface area contributed by atoms with Gasteiger partial charge in [-0.25, -0.2) is 0 Å². The van der Waals surface area contributed by atoms with Crippen LogP contribution in [0.5, 0.6) is 0 Å². The average molecular weight is 320 g/mol. The van der Waals surface area contributed by atoms with Crippen LogP contribution in [0, 0.1) is 6.07 Å². The molecule has 0 nitrogen and oxygen atoms in total. The molecule has 0 unspecified atom stereocenters. The van der Waals surface area contributed by atoms with Gasteiger partial charge < -0.3 is 0 Å². The van der Waals surface area contributed by atoms with Crippen LogP contribution in [0.3, 0.4) is 0 Å². The SMILES string of the molecule is CC(C)c1[c-]cccc1.F[P-](F)(F)(F)(F)F.[Fe+2]. The van der Waals surface area contributed by atoms with Gasteiger partial charge in [0.25, 0.3) is 0 Å². The average Bonchev–Trinajstić information content (AvgIpc) is 2.00. The Morgan fingerprint density at radius 1 is 1.00 bits per heavy atom. The summed E-state index contributed by atoms with van der Waals surface area (Å²) in [4.78, 5) is 0. The van der Waals surface area contributed by atoms with E-state index in [9.17, 15) is 25.2 Å². The van der Waals surface area contributed by atoms with Crippen molar-refractivity contribution in [1.82, 2.24) is 0 Å². The second-order valence-electron chi connectivity index (χ2n) is 3.43. The normalized spacial score (nSPS) is 14.9. The Morgan fingerprint density at radius 3 is 1.59 bits per heavy atom. The predicted molar refractivity (Wildman–Crippen MR) is 52.9 cm³/mol. The Morgan fingerprint density at radius 2 is 1.41 bits per heavy atom. The summed E-state index contributed by atoms with van der Waals surface area (Å²) in [6, 6.07) is 11.3. The Hall–Kier alpha value is -0.251. The summed E-state index contributed by atoms with van der Waals surface area (Å²) in [5.41, 5.74) is 1.29. The third-order valence-corrected chi connectivity index (χ3v) is 1.36. The molecule has 0 N–H and O–H groups in total. The minimum absolute atomic E-state index is 0. The maximum absolute atomic E-state index is 10.7. The molecule has 0 aliphatic carbocycles. The molecule has 0 atom stereocenters. The summed E-state index contributed by atoms with van der Waals surface area (Å²) in [6.07, 6.45) is 0. The molecular formula is C9H11F6FeP. The number of halogens is 6. The van der Waals surface area contributed by atoms with Gasteiger partial charge in [0, 0.05) is 0 Å². The van der Waals surface area contributed by atoms with Crippen LogP contribution in [0.2, 0.25) is 0 Å². The first-order valence-electron chi connectivity index (χ1n) is 4.28. The van der Waals surface area contributed by atoms with E-state index in [1.54, 1.807) is 0 Å². The molecule has 102 valence electrons. The van der Waals surface area contributed by atoms with E-state index in [0.717, 1.165) is 0 Å². The first kappa shape index (κ1) is 19.1. The predicted octanol–water partition coefficient (Wildman–Crippen LogP) is 5.99. The maximum atomic E-state index is 9.87. The van der Waals surface area contributed by atoms with Gasteiger partial charge in [-0.15, -0.1) is 0 Å². The van der Waals surface area contributed by atoms with E-state index in [4.69, 9.17) is 0 Å². The monoisotopic (exact) mass is 320 g/mol. The number of hydrogen-bond acceptors (Lipinski definition) is 0. The van der Waals surface area contributed by atoms with Crippen molar-refractivity contribution in [2.24, 2.45) is 0 Å². The molecule has 0 radical (unpaired) electrons. The zero-order valence-electron chi connectivity index (χ0n) is 8.96. The minimum Gasteiger partial charge on any atom is 2.00 e. The molecule has 0 amide bonds. The van der Waals surface area contributed by atoms with Gasteiger partial charge in [-0.3, -0.25) is 0 Å². The van der Waals surface area contributed by atoms with E-state index < -0.39 is 7.81 Å². The zero-order chi connectivity index (χ0) is 13.1. The van der Waals surface area contributed by atoms with E-state index in [1.165, 1.54) is 5.56 Å². The molecule has 1 rings (SSSR count). The van der Waals surface area contributed by atoms with Crippen LogP contribution >= 0.6 is 7.81 Å². The van der Waals surface area contributed by atoms with Gasteiger partial charge in [-0.05, 0) is 5.92 Å². The van der Waals surface area contributed by atoms with Crippen molar-refractivity contribution < 1.29 is 42.3 Å². The third-order valence-electron chi connectivity index (χ3n) is 1.36. The minimum atomic E-state index is -10.7. The van der Waals surface area contributed by atoms with Crippen molar-refractivity contribution in [2.75, 3.05) is 0 Å². The van der Waals surface area contributed by atoms with Crippen molar-refractivity contribution >= 4 is 7.81 Å². The van der Waals surface area contributed by atoms with Gasteiger partial charge in [0.15, 0.2) is 0 Å². The van der Waals surface area contributed by atoms with Crippen LogP contribution in [-0.4, -0.2) is 0 Å². The number of benzene rings is 1. The molecule has 0 saturated heterocycles. The molecule has 0 fully saturated rings. The van der Waals surface area contributed by atoms with Crippen LogP contribution in [0.25, 0.3) is 0 Å². The number of rotatable bonds is 1. The van der Waals surface area contributed by atoms with Crippen molar-refractivity contribution in [3.8, 4) is 0 Å². The fourth-order valence-electron chi connectivity index (χ4n) is 0.766. The maximum Gasteiger partial charge on any atom is 2.00 e. The van der Waals surface area contributed by atoms with E-state index in [-0.39, 0.29) is 17.1 Å². The topological polar surface area (TPSA) is 0 Å². The molecule has 0 heterocycles. The van der Waals surface area contributed by atoms with Crippen LogP contribution in [-0.2, 0) is 17.1 Å². The largest absolute Gasteiger partial charge is 2.00 e. The van der Waals surface area contributed by atoms with Gasteiger partial charge in [0.05, 0.1) is 0 Å². The van der Waals surface area contributed by atoms with Crippen molar-refractivity contribution in [1.29, 1.82) is 0 Å². The molecule has 17 heavy (non-hydrogen) atoms. The van der Waals surface area contributed by atoms with Crippen LogP contribution in [0.4, 0.5) is 25.2 Å². The summed E-state index contributed by atoms with van der Waals surface area (Å²) in [5.74, 6) is 0.603. The molecule has 0 aromatic heterocycles. The second-order valence-corrected chi connectivity index (χ2v) is 5.35. The van der Waals surface area contributed by atoms with Gasteiger partial charge in [0.1, 0.15) is 0 Å².